The highest BCUT2D eigenvalue weighted by molar-refractivity contribution is 6.14. The third kappa shape index (κ3) is 3.83. The van der Waals surface area contributed by atoms with E-state index < -0.39 is 17.7 Å². The maximum absolute atomic E-state index is 13.6. The van der Waals surface area contributed by atoms with Crippen LogP contribution in [0.25, 0.3) is 22.3 Å². The van der Waals surface area contributed by atoms with E-state index in [0.29, 0.717) is 22.3 Å². The van der Waals surface area contributed by atoms with Gasteiger partial charge in [-0.05, 0) is 11.1 Å². The standard InChI is InChI=1S/C25H18O7/c1-29-24(27)19-13-17(15-9-5-3-6-10-15)22(31-19)21(26)23-18(16-11-7-4-8-12-16)14-20(32-23)25(28)30-2/h3-14H,1-2H3. The Bertz CT molecular complexity index is 1180. The Kier molecular flexibility index (Phi) is 5.72. The van der Waals surface area contributed by atoms with Gasteiger partial charge < -0.3 is 18.3 Å². The van der Waals surface area contributed by atoms with Gasteiger partial charge in [-0.2, -0.15) is 0 Å². The molecule has 0 saturated carbocycles. The van der Waals surface area contributed by atoms with Crippen LogP contribution in [-0.4, -0.2) is 31.9 Å². The number of ether oxygens (including phenoxy) is 2. The second-order valence-corrected chi connectivity index (χ2v) is 6.75. The van der Waals surface area contributed by atoms with Crippen LogP contribution in [0.2, 0.25) is 0 Å². The number of carbonyl (C=O) groups excluding carboxylic acids is 3. The Morgan fingerprint density at radius 1 is 0.625 bits per heavy atom. The quantitative estimate of drug-likeness (QED) is 0.313. The lowest BCUT2D eigenvalue weighted by Crippen LogP contribution is -2.03. The van der Waals surface area contributed by atoms with E-state index in [4.69, 9.17) is 18.3 Å². The van der Waals surface area contributed by atoms with Gasteiger partial charge in [0.25, 0.3) is 5.78 Å². The molecule has 0 spiro atoms. The van der Waals surface area contributed by atoms with E-state index >= 15 is 0 Å². The lowest BCUT2D eigenvalue weighted by atomic mass is 9.99. The molecule has 2 heterocycles. The molecule has 0 amide bonds. The average Bonchev–Trinajstić information content (AvgIpc) is 3.49. The monoisotopic (exact) mass is 430 g/mol. The fourth-order valence-electron chi connectivity index (χ4n) is 3.29. The third-order valence-corrected chi connectivity index (χ3v) is 4.82. The molecule has 0 aliphatic rings. The molecule has 0 radical (unpaired) electrons. The molecule has 32 heavy (non-hydrogen) atoms. The summed E-state index contributed by atoms with van der Waals surface area (Å²) in [5, 5.41) is 0. The summed E-state index contributed by atoms with van der Waals surface area (Å²) in [4.78, 5) is 37.7. The molecule has 0 N–H and O–H groups in total. The smallest absolute Gasteiger partial charge is 0.373 e. The highest BCUT2D eigenvalue weighted by atomic mass is 16.5. The normalized spacial score (nSPS) is 10.6. The Labute approximate surface area is 183 Å². The number of rotatable bonds is 6. The molecule has 4 rings (SSSR count). The van der Waals surface area contributed by atoms with Gasteiger partial charge in [0.15, 0.2) is 11.5 Å². The molecule has 4 aromatic rings. The third-order valence-electron chi connectivity index (χ3n) is 4.82. The molecule has 160 valence electrons. The van der Waals surface area contributed by atoms with Gasteiger partial charge in [-0.3, -0.25) is 4.79 Å². The SMILES string of the molecule is COC(=O)c1cc(-c2ccccc2)c(C(=O)c2oc(C(=O)OC)cc2-c2ccccc2)o1. The van der Waals surface area contributed by atoms with Crippen LogP contribution in [0, 0.1) is 0 Å². The molecule has 7 heteroatoms. The van der Waals surface area contributed by atoms with E-state index in [1.165, 1.54) is 26.4 Å². The highest BCUT2D eigenvalue weighted by Gasteiger charge is 2.30. The van der Waals surface area contributed by atoms with Gasteiger partial charge in [-0.25, -0.2) is 9.59 Å². The Hall–Kier alpha value is -4.39. The van der Waals surface area contributed by atoms with E-state index in [0.717, 1.165) is 0 Å². The van der Waals surface area contributed by atoms with E-state index in [2.05, 4.69) is 0 Å². The van der Waals surface area contributed by atoms with Gasteiger partial charge in [0.05, 0.1) is 14.2 Å². The molecular weight excluding hydrogens is 412 g/mol. The minimum absolute atomic E-state index is 0.112. The number of hydrogen-bond acceptors (Lipinski definition) is 7. The van der Waals surface area contributed by atoms with Crippen LogP contribution in [0.1, 0.15) is 37.4 Å². The van der Waals surface area contributed by atoms with Crippen molar-refractivity contribution in [2.24, 2.45) is 0 Å². The fraction of sp³-hybridized carbons (Fsp3) is 0.0800. The second kappa shape index (κ2) is 8.77. The van der Waals surface area contributed by atoms with Crippen LogP contribution in [0.15, 0.2) is 81.6 Å². The highest BCUT2D eigenvalue weighted by Crippen LogP contribution is 2.34. The van der Waals surface area contributed by atoms with E-state index in [1.54, 1.807) is 48.5 Å². The summed E-state index contributed by atoms with van der Waals surface area (Å²) in [5.74, 6) is -2.56. The molecule has 0 atom stereocenters. The van der Waals surface area contributed by atoms with E-state index in [-0.39, 0.29) is 23.0 Å². The topological polar surface area (TPSA) is 96.0 Å². The maximum atomic E-state index is 13.6. The summed E-state index contributed by atoms with van der Waals surface area (Å²) >= 11 is 0. The fourth-order valence-corrected chi connectivity index (χ4v) is 3.29. The molecule has 0 aliphatic carbocycles. The van der Waals surface area contributed by atoms with Crippen molar-refractivity contribution in [1.29, 1.82) is 0 Å². The minimum Gasteiger partial charge on any atom is -0.463 e. The first-order valence-electron chi connectivity index (χ1n) is 9.63. The zero-order chi connectivity index (χ0) is 22.7. The van der Waals surface area contributed by atoms with Crippen molar-refractivity contribution < 1.29 is 32.7 Å². The van der Waals surface area contributed by atoms with E-state index in [9.17, 15) is 14.4 Å². The first-order valence-corrected chi connectivity index (χ1v) is 9.63. The van der Waals surface area contributed by atoms with E-state index in [1.807, 2.05) is 12.1 Å². The summed E-state index contributed by atoms with van der Waals surface area (Å²) < 4.78 is 20.7. The van der Waals surface area contributed by atoms with Gasteiger partial charge in [-0.15, -0.1) is 0 Å². The summed E-state index contributed by atoms with van der Waals surface area (Å²) in [6.07, 6.45) is 0. The van der Waals surface area contributed by atoms with Gasteiger partial charge in [0, 0.05) is 23.3 Å². The molecule has 0 aliphatic heterocycles. The number of carbonyl (C=O) groups is 3. The number of furan rings is 2. The second-order valence-electron chi connectivity index (χ2n) is 6.75. The predicted octanol–water partition coefficient (Wildman–Crippen LogP) is 5.01. The number of esters is 2. The van der Waals surface area contributed by atoms with Gasteiger partial charge in [-0.1, -0.05) is 60.7 Å². The molecule has 0 saturated heterocycles. The van der Waals surface area contributed by atoms with Gasteiger partial charge in [0.2, 0.25) is 11.5 Å². The number of benzene rings is 2. The Morgan fingerprint density at radius 3 is 1.34 bits per heavy atom. The average molecular weight is 430 g/mol. The minimum atomic E-state index is -0.723. The van der Waals surface area contributed by atoms with Crippen molar-refractivity contribution in [3.05, 3.63) is 95.8 Å². The lowest BCUT2D eigenvalue weighted by molar-refractivity contribution is 0.0558. The molecule has 0 bridgehead atoms. The predicted molar refractivity (Wildman–Crippen MR) is 114 cm³/mol. The van der Waals surface area contributed by atoms with Crippen LogP contribution in [0.3, 0.4) is 0 Å². The van der Waals surface area contributed by atoms with Crippen LogP contribution in [0.4, 0.5) is 0 Å². The van der Waals surface area contributed by atoms with Crippen LogP contribution in [0.5, 0.6) is 0 Å². The Morgan fingerprint density at radius 2 is 1.00 bits per heavy atom. The maximum Gasteiger partial charge on any atom is 0.373 e. The van der Waals surface area contributed by atoms with Crippen LogP contribution >= 0.6 is 0 Å². The zero-order valence-electron chi connectivity index (χ0n) is 17.3. The van der Waals surface area contributed by atoms with Gasteiger partial charge >= 0.3 is 11.9 Å². The molecule has 2 aromatic carbocycles. The zero-order valence-corrected chi connectivity index (χ0v) is 17.3. The Balaban J connectivity index is 1.89. The molecule has 7 nitrogen and oxygen atoms in total. The summed E-state index contributed by atoms with van der Waals surface area (Å²) in [6, 6.07) is 20.9. The molecular formula is C25H18O7. The van der Waals surface area contributed by atoms with Crippen molar-refractivity contribution >= 4 is 17.7 Å². The van der Waals surface area contributed by atoms with Crippen molar-refractivity contribution in [1.82, 2.24) is 0 Å². The summed E-state index contributed by atoms with van der Waals surface area (Å²) in [7, 11) is 2.44. The number of ketones is 1. The largest absolute Gasteiger partial charge is 0.463 e. The summed E-state index contributed by atoms with van der Waals surface area (Å²) in [6.45, 7) is 0. The first-order chi connectivity index (χ1) is 15.5. The molecule has 0 unspecified atom stereocenters. The van der Waals surface area contributed by atoms with Crippen molar-refractivity contribution in [2.75, 3.05) is 14.2 Å². The lowest BCUT2D eigenvalue weighted by Gasteiger charge is -2.03. The molecule has 0 fully saturated rings. The molecule has 2 aromatic heterocycles. The first kappa shape index (κ1) is 20.9. The summed E-state index contributed by atoms with van der Waals surface area (Å²) in [5.41, 5.74) is 2.11. The number of hydrogen-bond donors (Lipinski definition) is 0. The van der Waals surface area contributed by atoms with Crippen molar-refractivity contribution in [3.8, 4) is 22.3 Å². The van der Waals surface area contributed by atoms with Crippen LogP contribution in [-0.2, 0) is 9.47 Å². The number of methoxy groups -OCH3 is 2. The van der Waals surface area contributed by atoms with Crippen LogP contribution < -0.4 is 0 Å². The van der Waals surface area contributed by atoms with Crippen molar-refractivity contribution in [3.63, 3.8) is 0 Å². The van der Waals surface area contributed by atoms with Crippen molar-refractivity contribution in [2.45, 2.75) is 0 Å². The van der Waals surface area contributed by atoms with Gasteiger partial charge in [0.1, 0.15) is 0 Å².